The molecule has 2 heterocycles. The lowest BCUT2D eigenvalue weighted by atomic mass is 10.00. The number of hydrogen-bond acceptors (Lipinski definition) is 4. The zero-order chi connectivity index (χ0) is 22.3. The average molecular weight is 452 g/mol. The topological polar surface area (TPSA) is 45.2 Å². The maximum Gasteiger partial charge on any atom is 0.252 e. The first-order chi connectivity index (χ1) is 15.6. The number of nitrogens with one attached hydrogen (secondary N) is 1. The number of likely N-dealkylation sites (tertiary alicyclic amines) is 1. The Labute approximate surface area is 193 Å². The van der Waals surface area contributed by atoms with E-state index in [0.717, 1.165) is 33.8 Å². The first kappa shape index (κ1) is 22.7. The van der Waals surface area contributed by atoms with Gasteiger partial charge in [-0.1, -0.05) is 43.3 Å². The van der Waals surface area contributed by atoms with Crippen molar-refractivity contribution in [3.05, 3.63) is 66.0 Å². The number of piperidine rings is 1. The fourth-order valence-electron chi connectivity index (χ4n) is 4.41. The Balaban J connectivity index is 1.43. The van der Waals surface area contributed by atoms with Gasteiger partial charge in [0.05, 0.1) is 11.1 Å². The van der Waals surface area contributed by atoms with E-state index in [1.165, 1.54) is 56.1 Å². The SMILES string of the molecule is CCC1CCCCN1CCCNC(=O)c1cc(Sc2ccc(F)cc2)nc2ccccc12. The summed E-state index contributed by atoms with van der Waals surface area (Å²) in [7, 11) is 0. The summed E-state index contributed by atoms with van der Waals surface area (Å²) in [5.41, 5.74) is 1.41. The molecule has 1 fully saturated rings. The van der Waals surface area contributed by atoms with Crippen molar-refractivity contribution in [2.45, 2.75) is 55.0 Å². The van der Waals surface area contributed by atoms with Crippen molar-refractivity contribution in [1.82, 2.24) is 15.2 Å². The minimum Gasteiger partial charge on any atom is -0.352 e. The van der Waals surface area contributed by atoms with Gasteiger partial charge in [-0.25, -0.2) is 9.37 Å². The van der Waals surface area contributed by atoms with Gasteiger partial charge in [0.1, 0.15) is 10.8 Å². The molecule has 1 aromatic heterocycles. The summed E-state index contributed by atoms with van der Waals surface area (Å²) in [5, 5.41) is 4.67. The van der Waals surface area contributed by atoms with Gasteiger partial charge in [-0.2, -0.15) is 0 Å². The molecular weight excluding hydrogens is 421 g/mol. The first-order valence-corrected chi connectivity index (χ1v) is 12.3. The molecule has 1 aliphatic rings. The number of aromatic nitrogens is 1. The molecule has 0 saturated carbocycles. The second kappa shape index (κ2) is 10.9. The van der Waals surface area contributed by atoms with Gasteiger partial charge < -0.3 is 10.2 Å². The maximum atomic E-state index is 13.2. The molecule has 1 atom stereocenters. The number of nitrogens with zero attached hydrogens (tertiary/aromatic N) is 2. The quantitative estimate of drug-likeness (QED) is 0.433. The number of hydrogen-bond donors (Lipinski definition) is 1. The summed E-state index contributed by atoms with van der Waals surface area (Å²) >= 11 is 1.43. The van der Waals surface area contributed by atoms with Crippen molar-refractivity contribution in [2.75, 3.05) is 19.6 Å². The Kier molecular flexibility index (Phi) is 7.76. The van der Waals surface area contributed by atoms with Crippen LogP contribution in [-0.4, -0.2) is 41.5 Å². The van der Waals surface area contributed by atoms with Crippen molar-refractivity contribution >= 4 is 28.6 Å². The summed E-state index contributed by atoms with van der Waals surface area (Å²) in [5.74, 6) is -0.342. The number of halogens is 1. The van der Waals surface area contributed by atoms with Crippen molar-refractivity contribution in [3.8, 4) is 0 Å². The van der Waals surface area contributed by atoms with Crippen molar-refractivity contribution in [3.63, 3.8) is 0 Å². The van der Waals surface area contributed by atoms with E-state index in [-0.39, 0.29) is 11.7 Å². The minimum absolute atomic E-state index is 0.0739. The fourth-order valence-corrected chi connectivity index (χ4v) is 5.25. The van der Waals surface area contributed by atoms with Crippen LogP contribution in [0.25, 0.3) is 10.9 Å². The van der Waals surface area contributed by atoms with E-state index in [4.69, 9.17) is 4.98 Å². The van der Waals surface area contributed by atoms with Gasteiger partial charge in [-0.05, 0) is 68.6 Å². The summed E-state index contributed by atoms with van der Waals surface area (Å²) in [6, 6.07) is 16.5. The number of amides is 1. The maximum absolute atomic E-state index is 13.2. The van der Waals surface area contributed by atoms with Crippen LogP contribution < -0.4 is 5.32 Å². The van der Waals surface area contributed by atoms with Crippen LogP contribution in [0, 0.1) is 5.82 Å². The fraction of sp³-hybridized carbons (Fsp3) is 0.385. The average Bonchev–Trinajstić information content (AvgIpc) is 2.83. The zero-order valence-electron chi connectivity index (χ0n) is 18.5. The van der Waals surface area contributed by atoms with Crippen LogP contribution in [0.3, 0.4) is 0 Å². The van der Waals surface area contributed by atoms with Crippen LogP contribution in [0.4, 0.5) is 4.39 Å². The van der Waals surface area contributed by atoms with Crippen LogP contribution in [0.5, 0.6) is 0 Å². The molecule has 4 rings (SSSR count). The van der Waals surface area contributed by atoms with E-state index >= 15 is 0 Å². The van der Waals surface area contributed by atoms with Crippen LogP contribution in [0.1, 0.15) is 49.4 Å². The molecule has 0 bridgehead atoms. The summed E-state index contributed by atoms with van der Waals surface area (Å²) < 4.78 is 13.2. The van der Waals surface area contributed by atoms with E-state index in [2.05, 4.69) is 17.1 Å². The molecule has 0 spiro atoms. The summed E-state index contributed by atoms with van der Waals surface area (Å²) in [4.78, 5) is 21.2. The third-order valence-electron chi connectivity index (χ3n) is 6.10. The number of benzene rings is 2. The molecule has 1 aliphatic heterocycles. The van der Waals surface area contributed by atoms with Gasteiger partial charge in [0.25, 0.3) is 5.91 Å². The highest BCUT2D eigenvalue weighted by atomic mass is 32.2. The normalized spacial score (nSPS) is 16.9. The Morgan fingerprint density at radius 2 is 2.00 bits per heavy atom. The molecule has 6 heteroatoms. The third-order valence-corrected chi connectivity index (χ3v) is 7.03. The predicted octanol–water partition coefficient (Wildman–Crippen LogP) is 5.91. The van der Waals surface area contributed by atoms with Gasteiger partial charge in [0.15, 0.2) is 0 Å². The van der Waals surface area contributed by atoms with Gasteiger partial charge in [-0.3, -0.25) is 4.79 Å². The Bertz CT molecular complexity index is 1060. The number of pyridine rings is 1. The van der Waals surface area contributed by atoms with E-state index in [1.807, 2.05) is 30.3 Å². The van der Waals surface area contributed by atoms with E-state index in [0.29, 0.717) is 18.2 Å². The molecule has 3 aromatic rings. The molecule has 168 valence electrons. The monoisotopic (exact) mass is 451 g/mol. The second-order valence-corrected chi connectivity index (χ2v) is 9.38. The number of carbonyl (C=O) groups is 1. The number of rotatable bonds is 8. The lowest BCUT2D eigenvalue weighted by Gasteiger charge is -2.35. The third kappa shape index (κ3) is 5.67. The van der Waals surface area contributed by atoms with Gasteiger partial charge in [0, 0.05) is 29.4 Å². The van der Waals surface area contributed by atoms with E-state index < -0.39 is 0 Å². The van der Waals surface area contributed by atoms with E-state index in [1.54, 1.807) is 12.1 Å². The van der Waals surface area contributed by atoms with E-state index in [9.17, 15) is 9.18 Å². The van der Waals surface area contributed by atoms with Crippen LogP contribution in [0.15, 0.2) is 64.5 Å². The Morgan fingerprint density at radius 3 is 2.81 bits per heavy atom. The molecule has 32 heavy (non-hydrogen) atoms. The number of fused-ring (bicyclic) bond motifs is 1. The van der Waals surface area contributed by atoms with Gasteiger partial charge in [0.2, 0.25) is 0 Å². The predicted molar refractivity (Wildman–Crippen MR) is 129 cm³/mol. The highest BCUT2D eigenvalue weighted by Gasteiger charge is 2.20. The molecular formula is C26H30FN3OS. The number of carbonyl (C=O) groups excluding carboxylic acids is 1. The lowest BCUT2D eigenvalue weighted by Crippen LogP contribution is -2.40. The van der Waals surface area contributed by atoms with Crippen LogP contribution in [0.2, 0.25) is 0 Å². The molecule has 1 amide bonds. The lowest BCUT2D eigenvalue weighted by molar-refractivity contribution is 0.0948. The van der Waals surface area contributed by atoms with Crippen LogP contribution in [-0.2, 0) is 0 Å². The molecule has 1 saturated heterocycles. The van der Waals surface area contributed by atoms with Crippen LogP contribution >= 0.6 is 11.8 Å². The number of para-hydroxylation sites is 1. The van der Waals surface area contributed by atoms with Gasteiger partial charge in [-0.15, -0.1) is 0 Å². The second-order valence-electron chi connectivity index (χ2n) is 8.28. The highest BCUT2D eigenvalue weighted by molar-refractivity contribution is 7.99. The Morgan fingerprint density at radius 1 is 1.19 bits per heavy atom. The van der Waals surface area contributed by atoms with Crippen molar-refractivity contribution < 1.29 is 9.18 Å². The smallest absolute Gasteiger partial charge is 0.252 e. The largest absolute Gasteiger partial charge is 0.352 e. The van der Waals surface area contributed by atoms with Gasteiger partial charge >= 0.3 is 0 Å². The van der Waals surface area contributed by atoms with Crippen molar-refractivity contribution in [2.24, 2.45) is 0 Å². The highest BCUT2D eigenvalue weighted by Crippen LogP contribution is 2.30. The minimum atomic E-state index is -0.268. The molecule has 4 nitrogen and oxygen atoms in total. The molecule has 0 aliphatic carbocycles. The standard InChI is InChI=1S/C26H30FN3OS/c1-2-20-8-5-6-16-30(20)17-7-15-28-26(31)23-18-25(29-24-10-4-3-9-22(23)24)32-21-13-11-19(27)12-14-21/h3-4,9-14,18,20H,2,5-8,15-17H2,1H3,(H,28,31). The first-order valence-electron chi connectivity index (χ1n) is 11.5. The summed E-state index contributed by atoms with van der Waals surface area (Å²) in [6.07, 6.45) is 6.05. The van der Waals surface area contributed by atoms with Crippen molar-refractivity contribution in [1.29, 1.82) is 0 Å². The molecule has 0 radical (unpaired) electrons. The molecule has 1 N–H and O–H groups in total. The molecule has 1 unspecified atom stereocenters. The zero-order valence-corrected chi connectivity index (χ0v) is 19.3. The molecule has 2 aromatic carbocycles. The summed E-state index contributed by atoms with van der Waals surface area (Å²) in [6.45, 7) is 5.12. The Hall–Kier alpha value is -2.44.